The molecule has 7 heteroatoms. The molecule has 2 heterocycles. The van der Waals surface area contributed by atoms with Gasteiger partial charge in [-0.05, 0) is 94.4 Å². The Bertz CT molecular complexity index is 994. The minimum absolute atomic E-state index is 0.0792. The molecule has 2 aromatic rings. The van der Waals surface area contributed by atoms with Crippen LogP contribution in [0.1, 0.15) is 51.3 Å². The van der Waals surface area contributed by atoms with Gasteiger partial charge >= 0.3 is 7.12 Å². The third-order valence-electron chi connectivity index (χ3n) is 7.59. The predicted octanol–water partition coefficient (Wildman–Crippen LogP) is 4.79. The van der Waals surface area contributed by atoms with Gasteiger partial charge in [0.1, 0.15) is 5.75 Å². The van der Waals surface area contributed by atoms with Gasteiger partial charge in [-0.2, -0.15) is 0 Å². The van der Waals surface area contributed by atoms with E-state index in [2.05, 4.69) is 58.6 Å². The molecule has 184 valence electrons. The molecule has 5 nitrogen and oxygen atoms in total. The number of aryl methyl sites for hydroxylation is 1. The Labute approximate surface area is 209 Å². The lowest BCUT2D eigenvalue weighted by molar-refractivity contribution is -0.0606. The quantitative estimate of drug-likeness (QED) is 0.550. The molecule has 34 heavy (non-hydrogen) atoms. The number of ether oxygens (including phenoxy) is 2. The topological polar surface area (TPSA) is 40.2 Å². The van der Waals surface area contributed by atoms with E-state index in [0.717, 1.165) is 36.3 Å². The summed E-state index contributed by atoms with van der Waals surface area (Å²) in [7, 11) is 1.25. The lowest BCUT2D eigenvalue weighted by atomic mass is 9.73. The maximum atomic E-state index is 6.48. The van der Waals surface area contributed by atoms with E-state index in [1.54, 1.807) is 7.11 Å². The van der Waals surface area contributed by atoms with Crippen molar-refractivity contribution >= 4 is 24.2 Å². The Balaban J connectivity index is 1.53. The standard InChI is InChI=1S/C27H37BClNO4/c1-18-12-21(29)13-25(28-33-26(3,4)27(5,6)34-28)24(18)14-23-16-30(19(2)17-32-23)15-20-8-10-22(31-7)11-9-20/h8-13,19,23H,14-17H2,1-7H3/t19-,23?/m0/s1. The van der Waals surface area contributed by atoms with E-state index in [1.165, 1.54) is 11.1 Å². The number of hydrogen-bond donors (Lipinski definition) is 0. The van der Waals surface area contributed by atoms with Crippen LogP contribution in [0.5, 0.6) is 5.75 Å². The van der Waals surface area contributed by atoms with Crippen LogP contribution in [0.2, 0.25) is 5.02 Å². The van der Waals surface area contributed by atoms with Crippen molar-refractivity contribution in [2.24, 2.45) is 0 Å². The Morgan fingerprint density at radius 2 is 1.74 bits per heavy atom. The first-order chi connectivity index (χ1) is 16.0. The molecule has 0 N–H and O–H groups in total. The maximum absolute atomic E-state index is 6.48. The fraction of sp³-hybridized carbons (Fsp3) is 0.556. The van der Waals surface area contributed by atoms with E-state index in [-0.39, 0.29) is 6.10 Å². The molecule has 0 bridgehead atoms. The fourth-order valence-corrected chi connectivity index (χ4v) is 4.95. The minimum Gasteiger partial charge on any atom is -0.497 e. The van der Waals surface area contributed by atoms with Crippen LogP contribution in [0, 0.1) is 6.92 Å². The van der Waals surface area contributed by atoms with Gasteiger partial charge in [-0.3, -0.25) is 4.90 Å². The highest BCUT2D eigenvalue weighted by atomic mass is 35.5. The van der Waals surface area contributed by atoms with Crippen LogP contribution in [0.3, 0.4) is 0 Å². The summed E-state index contributed by atoms with van der Waals surface area (Å²) < 4.78 is 24.4. The Morgan fingerprint density at radius 3 is 2.35 bits per heavy atom. The van der Waals surface area contributed by atoms with Crippen molar-refractivity contribution in [2.75, 3.05) is 20.3 Å². The van der Waals surface area contributed by atoms with Crippen molar-refractivity contribution in [3.05, 3.63) is 58.1 Å². The van der Waals surface area contributed by atoms with Crippen molar-refractivity contribution < 1.29 is 18.8 Å². The van der Waals surface area contributed by atoms with Crippen molar-refractivity contribution in [3.8, 4) is 5.75 Å². The average Bonchev–Trinajstić information content (AvgIpc) is 2.99. The highest BCUT2D eigenvalue weighted by Crippen LogP contribution is 2.37. The van der Waals surface area contributed by atoms with E-state index < -0.39 is 18.3 Å². The molecule has 2 fully saturated rings. The zero-order valence-electron chi connectivity index (χ0n) is 21.5. The zero-order valence-corrected chi connectivity index (χ0v) is 22.2. The van der Waals surface area contributed by atoms with Crippen LogP contribution in [0.25, 0.3) is 0 Å². The summed E-state index contributed by atoms with van der Waals surface area (Å²) in [4.78, 5) is 2.50. The van der Waals surface area contributed by atoms with Crippen LogP contribution in [-0.2, 0) is 27.0 Å². The third-order valence-corrected chi connectivity index (χ3v) is 7.81. The molecule has 2 atom stereocenters. The first kappa shape index (κ1) is 25.5. The smallest absolute Gasteiger partial charge is 0.495 e. The molecule has 0 aliphatic carbocycles. The van der Waals surface area contributed by atoms with Gasteiger partial charge in [-0.25, -0.2) is 0 Å². The van der Waals surface area contributed by atoms with Crippen LogP contribution in [0.4, 0.5) is 0 Å². The summed E-state index contributed by atoms with van der Waals surface area (Å²) in [6.45, 7) is 15.1. The van der Waals surface area contributed by atoms with E-state index in [1.807, 2.05) is 24.3 Å². The highest BCUT2D eigenvalue weighted by molar-refractivity contribution is 6.63. The number of rotatable bonds is 6. The number of halogens is 1. The monoisotopic (exact) mass is 485 g/mol. The molecule has 2 aromatic carbocycles. The van der Waals surface area contributed by atoms with Crippen molar-refractivity contribution in [3.63, 3.8) is 0 Å². The molecule has 0 saturated carbocycles. The molecule has 4 rings (SSSR count). The lowest BCUT2D eigenvalue weighted by Crippen LogP contribution is -2.49. The molecular formula is C27H37BClNO4. The number of methoxy groups -OCH3 is 1. The molecule has 0 radical (unpaired) electrons. The second kappa shape index (κ2) is 9.83. The molecule has 2 aliphatic heterocycles. The number of morpholine rings is 1. The summed E-state index contributed by atoms with van der Waals surface area (Å²) in [5.74, 6) is 0.880. The predicted molar refractivity (Wildman–Crippen MR) is 138 cm³/mol. The van der Waals surface area contributed by atoms with E-state index in [4.69, 9.17) is 30.4 Å². The molecule has 0 spiro atoms. The zero-order chi connectivity index (χ0) is 24.7. The van der Waals surface area contributed by atoms with Gasteiger partial charge in [0.2, 0.25) is 0 Å². The first-order valence-corrected chi connectivity index (χ1v) is 12.5. The van der Waals surface area contributed by atoms with Gasteiger partial charge < -0.3 is 18.8 Å². The third kappa shape index (κ3) is 5.32. The normalized spacial score (nSPS) is 24.4. The summed E-state index contributed by atoms with van der Waals surface area (Å²) in [5, 5.41) is 0.699. The van der Waals surface area contributed by atoms with E-state index in [0.29, 0.717) is 17.7 Å². The van der Waals surface area contributed by atoms with Crippen molar-refractivity contribution in [1.82, 2.24) is 4.90 Å². The minimum atomic E-state index is -0.449. The van der Waals surface area contributed by atoms with Crippen molar-refractivity contribution in [1.29, 1.82) is 0 Å². The van der Waals surface area contributed by atoms with Gasteiger partial charge in [0, 0.05) is 24.2 Å². The molecule has 0 amide bonds. The maximum Gasteiger partial charge on any atom is 0.495 e. The van der Waals surface area contributed by atoms with Gasteiger partial charge in [-0.1, -0.05) is 23.7 Å². The lowest BCUT2D eigenvalue weighted by Gasteiger charge is -2.38. The largest absolute Gasteiger partial charge is 0.497 e. The van der Waals surface area contributed by atoms with E-state index in [9.17, 15) is 0 Å². The number of nitrogens with zero attached hydrogens (tertiary/aromatic N) is 1. The summed E-state index contributed by atoms with van der Waals surface area (Å²) >= 11 is 6.48. The Morgan fingerprint density at radius 1 is 1.09 bits per heavy atom. The fourth-order valence-electron chi connectivity index (χ4n) is 4.67. The van der Waals surface area contributed by atoms with Crippen LogP contribution in [-0.4, -0.2) is 55.6 Å². The average molecular weight is 486 g/mol. The summed E-state index contributed by atoms with van der Waals surface area (Å²) in [6.07, 6.45) is 0.865. The molecule has 1 unspecified atom stereocenters. The number of hydrogen-bond acceptors (Lipinski definition) is 5. The van der Waals surface area contributed by atoms with Crippen LogP contribution >= 0.6 is 11.6 Å². The summed E-state index contributed by atoms with van der Waals surface area (Å²) in [6, 6.07) is 12.7. The van der Waals surface area contributed by atoms with Gasteiger partial charge in [0.05, 0.1) is 31.0 Å². The highest BCUT2D eigenvalue weighted by Gasteiger charge is 2.52. The van der Waals surface area contributed by atoms with Crippen LogP contribution in [0.15, 0.2) is 36.4 Å². The van der Waals surface area contributed by atoms with Gasteiger partial charge in [-0.15, -0.1) is 0 Å². The SMILES string of the molecule is COc1ccc(CN2CC(Cc3c(C)cc(Cl)cc3B3OC(C)(C)C(C)(C)O3)OC[C@@H]2C)cc1. The van der Waals surface area contributed by atoms with Gasteiger partial charge in [0.15, 0.2) is 0 Å². The van der Waals surface area contributed by atoms with Gasteiger partial charge in [0.25, 0.3) is 0 Å². The van der Waals surface area contributed by atoms with Crippen LogP contribution < -0.4 is 10.2 Å². The molecular weight excluding hydrogens is 449 g/mol. The summed E-state index contributed by atoms with van der Waals surface area (Å²) in [5.41, 5.74) is 3.81. The molecule has 0 aromatic heterocycles. The molecule has 2 aliphatic rings. The second-order valence-corrected chi connectivity index (χ2v) is 11.1. The second-order valence-electron chi connectivity index (χ2n) is 10.7. The molecule has 2 saturated heterocycles. The first-order valence-electron chi connectivity index (χ1n) is 12.1. The Hall–Kier alpha value is -1.57. The van der Waals surface area contributed by atoms with E-state index >= 15 is 0 Å². The van der Waals surface area contributed by atoms with Crippen molar-refractivity contribution in [2.45, 2.75) is 77.9 Å². The Kier molecular flexibility index (Phi) is 7.38. The number of benzene rings is 2.